The number of nitrogens with zero attached hydrogens (tertiary/aromatic N) is 2. The van der Waals surface area contributed by atoms with Gasteiger partial charge in [-0.2, -0.15) is 5.26 Å². The van der Waals surface area contributed by atoms with Gasteiger partial charge in [0.25, 0.3) is 0 Å². The van der Waals surface area contributed by atoms with Gasteiger partial charge >= 0.3 is 5.97 Å². The summed E-state index contributed by atoms with van der Waals surface area (Å²) in [6.07, 6.45) is 0.910. The predicted octanol–water partition coefficient (Wildman–Crippen LogP) is 4.88. The zero-order valence-corrected chi connectivity index (χ0v) is 18.6. The zero-order chi connectivity index (χ0) is 22.2. The Morgan fingerprint density at radius 1 is 1.16 bits per heavy atom. The summed E-state index contributed by atoms with van der Waals surface area (Å²) in [6.45, 7) is 2.30. The van der Waals surface area contributed by atoms with Crippen LogP contribution in [-0.2, 0) is 29.2 Å². The van der Waals surface area contributed by atoms with E-state index < -0.39 is 5.97 Å². The fourth-order valence-electron chi connectivity index (χ4n) is 3.31. The van der Waals surface area contributed by atoms with Crippen LogP contribution in [0.1, 0.15) is 50.0 Å². The van der Waals surface area contributed by atoms with Gasteiger partial charge in [-0.15, -0.1) is 0 Å². The summed E-state index contributed by atoms with van der Waals surface area (Å²) in [5.41, 5.74) is 3.17. The SMILES string of the molecule is CCOC(=O)c1c(Cc2ccccc2C#N)c(Br)n(COCc2ccccc2)c1C=O. The van der Waals surface area contributed by atoms with Crippen molar-refractivity contribution < 1.29 is 19.1 Å². The maximum absolute atomic E-state index is 12.7. The number of esters is 1. The number of aromatic nitrogens is 1. The molecule has 0 bridgehead atoms. The number of carbonyl (C=O) groups is 2. The van der Waals surface area contributed by atoms with E-state index in [2.05, 4.69) is 22.0 Å². The molecule has 158 valence electrons. The van der Waals surface area contributed by atoms with Crippen molar-refractivity contribution in [1.82, 2.24) is 4.57 Å². The average Bonchev–Trinajstić information content (AvgIpc) is 3.06. The molecule has 31 heavy (non-hydrogen) atoms. The van der Waals surface area contributed by atoms with Crippen molar-refractivity contribution in [2.45, 2.75) is 26.7 Å². The molecule has 0 spiro atoms. The molecule has 7 heteroatoms. The lowest BCUT2D eigenvalue weighted by atomic mass is 9.99. The Labute approximate surface area is 189 Å². The van der Waals surface area contributed by atoms with Crippen molar-refractivity contribution in [3.05, 3.63) is 92.7 Å². The van der Waals surface area contributed by atoms with E-state index in [-0.39, 0.29) is 31.0 Å². The van der Waals surface area contributed by atoms with Gasteiger partial charge in [-0.3, -0.25) is 4.79 Å². The smallest absolute Gasteiger partial charge is 0.340 e. The minimum Gasteiger partial charge on any atom is -0.462 e. The summed E-state index contributed by atoms with van der Waals surface area (Å²) >= 11 is 3.54. The van der Waals surface area contributed by atoms with Crippen LogP contribution in [0.25, 0.3) is 0 Å². The first-order valence-corrected chi connectivity index (χ1v) is 10.5. The summed E-state index contributed by atoms with van der Waals surface area (Å²) in [6, 6.07) is 19.0. The van der Waals surface area contributed by atoms with E-state index in [1.54, 1.807) is 23.6 Å². The predicted molar refractivity (Wildman–Crippen MR) is 119 cm³/mol. The first kappa shape index (κ1) is 22.5. The molecule has 3 aromatic rings. The first-order chi connectivity index (χ1) is 15.1. The molecule has 2 aromatic carbocycles. The van der Waals surface area contributed by atoms with E-state index in [1.165, 1.54) is 0 Å². The molecule has 0 aliphatic carbocycles. The van der Waals surface area contributed by atoms with E-state index in [0.717, 1.165) is 11.1 Å². The molecular formula is C24H21BrN2O4. The number of carbonyl (C=O) groups excluding carboxylic acids is 2. The van der Waals surface area contributed by atoms with E-state index >= 15 is 0 Å². The molecule has 0 amide bonds. The number of hydrogen-bond donors (Lipinski definition) is 0. The average molecular weight is 481 g/mol. The van der Waals surface area contributed by atoms with E-state index in [1.807, 2.05) is 42.5 Å². The van der Waals surface area contributed by atoms with Crippen molar-refractivity contribution in [2.75, 3.05) is 6.61 Å². The summed E-state index contributed by atoms with van der Waals surface area (Å²) in [5.74, 6) is -0.587. The van der Waals surface area contributed by atoms with Crippen molar-refractivity contribution >= 4 is 28.2 Å². The number of aldehydes is 1. The fraction of sp³-hybridized carbons (Fsp3) is 0.208. The lowest BCUT2D eigenvalue weighted by molar-refractivity contribution is 0.0515. The van der Waals surface area contributed by atoms with Gasteiger partial charge in [0.1, 0.15) is 6.73 Å². The topological polar surface area (TPSA) is 81.3 Å². The molecule has 0 radical (unpaired) electrons. The van der Waals surface area contributed by atoms with Crippen molar-refractivity contribution in [3.8, 4) is 6.07 Å². The molecule has 1 aromatic heterocycles. The number of nitriles is 1. The standard InChI is InChI=1S/C24H21BrN2O4/c1-2-31-24(29)22-20(12-18-10-6-7-11-19(18)13-26)23(25)27(21(22)14-28)16-30-15-17-8-4-3-5-9-17/h3-11,14H,2,12,15-16H2,1H3. The van der Waals surface area contributed by atoms with Gasteiger partial charge in [-0.25, -0.2) is 4.79 Å². The molecule has 0 saturated heterocycles. The maximum atomic E-state index is 12.7. The minimum absolute atomic E-state index is 0.0653. The van der Waals surface area contributed by atoms with Gasteiger partial charge in [0.2, 0.25) is 0 Å². The Morgan fingerprint density at radius 2 is 1.87 bits per heavy atom. The molecule has 0 fully saturated rings. The molecule has 0 unspecified atom stereocenters. The largest absolute Gasteiger partial charge is 0.462 e. The molecule has 6 nitrogen and oxygen atoms in total. The molecule has 0 saturated carbocycles. The molecular weight excluding hydrogens is 460 g/mol. The van der Waals surface area contributed by atoms with E-state index in [4.69, 9.17) is 9.47 Å². The molecule has 1 heterocycles. The quantitative estimate of drug-likeness (QED) is 0.322. The lowest BCUT2D eigenvalue weighted by Crippen LogP contribution is -2.12. The summed E-state index contributed by atoms with van der Waals surface area (Å²) in [4.78, 5) is 24.7. The highest BCUT2D eigenvalue weighted by Gasteiger charge is 2.27. The highest BCUT2D eigenvalue weighted by molar-refractivity contribution is 9.10. The second kappa shape index (κ2) is 10.7. The normalized spacial score (nSPS) is 10.5. The third kappa shape index (κ3) is 5.10. The monoisotopic (exact) mass is 480 g/mol. The van der Waals surface area contributed by atoms with Gasteiger partial charge in [-0.05, 0) is 40.0 Å². The number of ether oxygens (including phenoxy) is 2. The van der Waals surface area contributed by atoms with Crippen LogP contribution in [-0.4, -0.2) is 23.4 Å². The molecule has 0 aliphatic rings. The Kier molecular flexibility index (Phi) is 7.76. The third-order valence-electron chi connectivity index (χ3n) is 4.76. The van der Waals surface area contributed by atoms with Gasteiger partial charge in [0.05, 0.1) is 40.7 Å². The Hall–Kier alpha value is -3.21. The second-order valence-corrected chi connectivity index (χ2v) is 7.46. The van der Waals surface area contributed by atoms with Crippen molar-refractivity contribution in [2.24, 2.45) is 0 Å². The summed E-state index contributed by atoms with van der Waals surface area (Å²) < 4.78 is 13.2. The van der Waals surface area contributed by atoms with Gasteiger partial charge < -0.3 is 14.0 Å². The van der Waals surface area contributed by atoms with E-state index in [9.17, 15) is 14.9 Å². The van der Waals surface area contributed by atoms with Gasteiger partial charge in [0, 0.05) is 12.0 Å². The molecule has 0 N–H and O–H groups in total. The zero-order valence-electron chi connectivity index (χ0n) is 17.0. The van der Waals surface area contributed by atoms with Crippen molar-refractivity contribution in [3.63, 3.8) is 0 Å². The Balaban J connectivity index is 1.99. The van der Waals surface area contributed by atoms with Crippen molar-refractivity contribution in [1.29, 1.82) is 5.26 Å². The van der Waals surface area contributed by atoms with Crippen LogP contribution in [0.15, 0.2) is 59.2 Å². The lowest BCUT2D eigenvalue weighted by Gasteiger charge is -2.09. The summed E-state index contributed by atoms with van der Waals surface area (Å²) in [7, 11) is 0. The maximum Gasteiger partial charge on any atom is 0.340 e. The highest BCUT2D eigenvalue weighted by Crippen LogP contribution is 2.31. The fourth-order valence-corrected chi connectivity index (χ4v) is 3.94. The Bertz CT molecular complexity index is 1120. The summed E-state index contributed by atoms with van der Waals surface area (Å²) in [5, 5.41) is 9.42. The highest BCUT2D eigenvalue weighted by atomic mass is 79.9. The van der Waals surface area contributed by atoms with Crippen LogP contribution in [0.3, 0.4) is 0 Å². The van der Waals surface area contributed by atoms with Crippen LogP contribution < -0.4 is 0 Å². The number of halogens is 1. The van der Waals surface area contributed by atoms with Crippen LogP contribution in [0, 0.1) is 11.3 Å². The van der Waals surface area contributed by atoms with Crippen LogP contribution >= 0.6 is 15.9 Å². The molecule has 3 rings (SSSR count). The first-order valence-electron chi connectivity index (χ1n) is 9.73. The number of hydrogen-bond acceptors (Lipinski definition) is 5. The number of rotatable bonds is 9. The molecule has 0 aliphatic heterocycles. The third-order valence-corrected chi connectivity index (χ3v) is 5.67. The van der Waals surface area contributed by atoms with Gasteiger partial charge in [0.15, 0.2) is 6.29 Å². The number of benzene rings is 2. The second-order valence-electron chi connectivity index (χ2n) is 6.70. The van der Waals surface area contributed by atoms with Crippen LogP contribution in [0.2, 0.25) is 0 Å². The molecule has 0 atom stereocenters. The van der Waals surface area contributed by atoms with Crippen LogP contribution in [0.5, 0.6) is 0 Å². The Morgan fingerprint density at radius 3 is 2.55 bits per heavy atom. The van der Waals surface area contributed by atoms with E-state index in [0.29, 0.717) is 28.6 Å². The minimum atomic E-state index is -0.587. The van der Waals surface area contributed by atoms with Gasteiger partial charge in [-0.1, -0.05) is 48.5 Å². The van der Waals surface area contributed by atoms with Crippen LogP contribution in [0.4, 0.5) is 0 Å².